The summed E-state index contributed by atoms with van der Waals surface area (Å²) < 4.78 is 1.85. The molecule has 0 fully saturated rings. The Kier molecular flexibility index (Phi) is 7.29. The molecule has 7 heteroatoms. The molecule has 0 radical (unpaired) electrons. The van der Waals surface area contributed by atoms with Gasteiger partial charge in [-0.3, -0.25) is 9.36 Å². The quantitative estimate of drug-likeness (QED) is 0.552. The zero-order chi connectivity index (χ0) is 19.3. The summed E-state index contributed by atoms with van der Waals surface area (Å²) in [6.07, 6.45) is 2.91. The maximum Gasteiger partial charge on any atom is 0.348 e. The zero-order valence-corrected chi connectivity index (χ0v) is 17.5. The Hall–Kier alpha value is -1.34. The van der Waals surface area contributed by atoms with Gasteiger partial charge in [0.15, 0.2) is 0 Å². The normalized spacial score (nSPS) is 13.9. The SMILES string of the molecule is CCN(CC)CCn1c2c(c(SCC(=O)NC(C)(C)C)nc1=O)CCC2. The molecule has 1 aliphatic rings. The van der Waals surface area contributed by atoms with Crippen LogP contribution in [0.1, 0.15) is 52.3 Å². The molecule has 0 atom stereocenters. The number of thioether (sulfide) groups is 1. The number of nitrogens with zero attached hydrogens (tertiary/aromatic N) is 3. The number of rotatable bonds is 8. The van der Waals surface area contributed by atoms with Gasteiger partial charge in [-0.1, -0.05) is 25.6 Å². The molecule has 26 heavy (non-hydrogen) atoms. The first-order valence-electron chi connectivity index (χ1n) is 9.54. The van der Waals surface area contributed by atoms with Crippen molar-refractivity contribution < 1.29 is 4.79 Å². The maximum absolute atomic E-state index is 12.6. The Morgan fingerprint density at radius 2 is 1.96 bits per heavy atom. The van der Waals surface area contributed by atoms with E-state index in [1.165, 1.54) is 11.8 Å². The highest BCUT2D eigenvalue weighted by Crippen LogP contribution is 2.29. The summed E-state index contributed by atoms with van der Waals surface area (Å²) in [4.78, 5) is 31.3. The van der Waals surface area contributed by atoms with Crippen molar-refractivity contribution in [3.05, 3.63) is 21.7 Å². The number of carbonyl (C=O) groups excluding carboxylic acids is 1. The minimum absolute atomic E-state index is 0.0261. The highest BCUT2D eigenvalue weighted by Gasteiger charge is 2.23. The molecular weight excluding hydrogens is 348 g/mol. The molecule has 1 N–H and O–H groups in total. The largest absolute Gasteiger partial charge is 0.351 e. The second-order valence-corrected chi connectivity index (χ2v) is 8.71. The molecule has 0 aliphatic heterocycles. The molecule has 146 valence electrons. The molecule has 0 saturated heterocycles. The summed E-state index contributed by atoms with van der Waals surface area (Å²) in [5, 5.41) is 3.69. The molecule has 1 aliphatic carbocycles. The number of hydrogen-bond acceptors (Lipinski definition) is 5. The molecule has 0 bridgehead atoms. The molecule has 1 aromatic rings. The lowest BCUT2D eigenvalue weighted by atomic mass is 10.1. The van der Waals surface area contributed by atoms with Crippen molar-refractivity contribution in [3.63, 3.8) is 0 Å². The molecule has 2 rings (SSSR count). The van der Waals surface area contributed by atoms with Crippen LogP contribution in [0.5, 0.6) is 0 Å². The van der Waals surface area contributed by atoms with Crippen LogP contribution in [0.3, 0.4) is 0 Å². The molecule has 1 amide bonds. The van der Waals surface area contributed by atoms with Gasteiger partial charge in [0.25, 0.3) is 0 Å². The third kappa shape index (κ3) is 5.58. The van der Waals surface area contributed by atoms with E-state index >= 15 is 0 Å². The van der Waals surface area contributed by atoms with E-state index in [0.717, 1.165) is 55.2 Å². The first-order valence-corrected chi connectivity index (χ1v) is 10.5. The molecule has 1 heterocycles. The van der Waals surface area contributed by atoms with Crippen LogP contribution in [0.4, 0.5) is 0 Å². The number of hydrogen-bond donors (Lipinski definition) is 1. The number of likely N-dealkylation sites (N-methyl/N-ethyl adjacent to an activating group) is 1. The van der Waals surface area contributed by atoms with Crippen molar-refractivity contribution in [3.8, 4) is 0 Å². The number of amides is 1. The third-order valence-corrected chi connectivity index (χ3v) is 5.61. The van der Waals surface area contributed by atoms with E-state index in [1.807, 2.05) is 25.3 Å². The summed E-state index contributed by atoms with van der Waals surface area (Å²) in [5.41, 5.74) is 1.85. The Balaban J connectivity index is 2.13. The van der Waals surface area contributed by atoms with E-state index in [1.54, 1.807) is 0 Å². The molecule has 0 saturated carbocycles. The van der Waals surface area contributed by atoms with Gasteiger partial charge in [-0.2, -0.15) is 4.98 Å². The number of aromatic nitrogens is 2. The second-order valence-electron chi connectivity index (χ2n) is 7.74. The van der Waals surface area contributed by atoms with Crippen molar-refractivity contribution in [1.29, 1.82) is 0 Å². The smallest absolute Gasteiger partial charge is 0.348 e. The van der Waals surface area contributed by atoms with E-state index in [9.17, 15) is 9.59 Å². The van der Waals surface area contributed by atoms with Crippen molar-refractivity contribution >= 4 is 17.7 Å². The molecule has 0 spiro atoms. The fourth-order valence-corrected chi connectivity index (χ4v) is 4.18. The van der Waals surface area contributed by atoms with Crippen LogP contribution < -0.4 is 11.0 Å². The van der Waals surface area contributed by atoms with Crippen LogP contribution in [0.25, 0.3) is 0 Å². The topological polar surface area (TPSA) is 67.2 Å². The first kappa shape index (κ1) is 21.0. The first-order chi connectivity index (χ1) is 12.2. The van der Waals surface area contributed by atoms with Gasteiger partial charge in [-0.05, 0) is 53.1 Å². The minimum Gasteiger partial charge on any atom is -0.351 e. The Labute approximate surface area is 160 Å². The monoisotopic (exact) mass is 380 g/mol. The van der Waals surface area contributed by atoms with Gasteiger partial charge in [-0.15, -0.1) is 0 Å². The predicted molar refractivity (Wildman–Crippen MR) is 107 cm³/mol. The average molecular weight is 381 g/mol. The standard InChI is InChI=1S/C19H32N4O2S/c1-6-22(7-2)11-12-23-15-10-8-9-14(15)17(20-18(23)25)26-13-16(24)21-19(3,4)5/h6-13H2,1-5H3,(H,21,24). The number of fused-ring (bicyclic) bond motifs is 1. The highest BCUT2D eigenvalue weighted by molar-refractivity contribution is 7.99. The van der Waals surface area contributed by atoms with Crippen molar-refractivity contribution in [2.45, 2.75) is 71.0 Å². The minimum atomic E-state index is -0.249. The van der Waals surface area contributed by atoms with Crippen LogP contribution in [-0.4, -0.2) is 51.3 Å². The number of carbonyl (C=O) groups is 1. The Morgan fingerprint density at radius 1 is 1.27 bits per heavy atom. The van der Waals surface area contributed by atoms with Gasteiger partial charge in [0.1, 0.15) is 5.03 Å². The van der Waals surface area contributed by atoms with Crippen LogP contribution >= 0.6 is 11.8 Å². The summed E-state index contributed by atoms with van der Waals surface area (Å²) in [5.74, 6) is 0.265. The van der Waals surface area contributed by atoms with Crippen LogP contribution in [0.15, 0.2) is 9.82 Å². The van der Waals surface area contributed by atoms with E-state index in [-0.39, 0.29) is 17.1 Å². The Morgan fingerprint density at radius 3 is 2.58 bits per heavy atom. The van der Waals surface area contributed by atoms with Crippen LogP contribution in [-0.2, 0) is 24.2 Å². The maximum atomic E-state index is 12.6. The van der Waals surface area contributed by atoms with Crippen LogP contribution in [0.2, 0.25) is 0 Å². The van der Waals surface area contributed by atoms with E-state index in [2.05, 4.69) is 29.0 Å². The van der Waals surface area contributed by atoms with E-state index < -0.39 is 0 Å². The lowest BCUT2D eigenvalue weighted by Crippen LogP contribution is -2.41. The predicted octanol–water partition coefficient (Wildman–Crippen LogP) is 2.08. The molecular formula is C19H32N4O2S. The van der Waals surface area contributed by atoms with Crippen molar-refractivity contribution in [1.82, 2.24) is 19.8 Å². The van der Waals surface area contributed by atoms with Gasteiger partial charge in [0.05, 0.1) is 5.75 Å². The number of nitrogens with one attached hydrogen (secondary N) is 1. The summed E-state index contributed by atoms with van der Waals surface area (Å²) in [6, 6.07) is 0. The Bertz CT molecular complexity index is 690. The lowest BCUT2D eigenvalue weighted by molar-refractivity contribution is -0.119. The van der Waals surface area contributed by atoms with Crippen LogP contribution in [0, 0.1) is 0 Å². The summed E-state index contributed by atoms with van der Waals surface area (Å²) in [6.45, 7) is 13.7. The van der Waals surface area contributed by atoms with Gasteiger partial charge in [-0.25, -0.2) is 4.79 Å². The molecule has 1 aromatic heterocycles. The van der Waals surface area contributed by atoms with Crippen molar-refractivity contribution in [2.75, 3.05) is 25.4 Å². The third-order valence-electron chi connectivity index (χ3n) is 4.59. The van der Waals surface area contributed by atoms with Gasteiger partial charge < -0.3 is 10.2 Å². The van der Waals surface area contributed by atoms with Crippen molar-refractivity contribution in [2.24, 2.45) is 0 Å². The zero-order valence-electron chi connectivity index (χ0n) is 16.7. The van der Waals surface area contributed by atoms with Gasteiger partial charge >= 0.3 is 5.69 Å². The summed E-state index contributed by atoms with van der Waals surface area (Å²) >= 11 is 1.38. The fraction of sp³-hybridized carbons (Fsp3) is 0.737. The summed E-state index contributed by atoms with van der Waals surface area (Å²) in [7, 11) is 0. The van der Waals surface area contributed by atoms with E-state index in [0.29, 0.717) is 12.3 Å². The second kappa shape index (κ2) is 9.04. The fourth-order valence-electron chi connectivity index (χ4n) is 3.31. The van der Waals surface area contributed by atoms with Gasteiger partial charge in [0.2, 0.25) is 5.91 Å². The van der Waals surface area contributed by atoms with Gasteiger partial charge in [0, 0.05) is 29.9 Å². The molecule has 0 aromatic carbocycles. The molecule has 0 unspecified atom stereocenters. The average Bonchev–Trinajstić information content (AvgIpc) is 3.03. The molecule has 6 nitrogen and oxygen atoms in total. The van der Waals surface area contributed by atoms with E-state index in [4.69, 9.17) is 0 Å². The highest BCUT2D eigenvalue weighted by atomic mass is 32.2. The lowest BCUT2D eigenvalue weighted by Gasteiger charge is -2.21.